The number of hydrogen-bond donors (Lipinski definition) is 1. The monoisotopic (exact) mass is 263 g/mol. The second kappa shape index (κ2) is 4.86. The van der Waals surface area contributed by atoms with Crippen molar-refractivity contribution in [2.75, 3.05) is 13.1 Å². The molecule has 2 rings (SSSR count). The smallest absolute Gasteiger partial charge is 0.177 e. The SMILES string of the molecule is Fc1cc(CC2(F)CCNCC2)cc(Cl)c1F. The first-order valence-corrected chi connectivity index (χ1v) is 5.91. The highest BCUT2D eigenvalue weighted by atomic mass is 35.5. The Morgan fingerprint density at radius 1 is 1.24 bits per heavy atom. The lowest BCUT2D eigenvalue weighted by Crippen LogP contribution is -2.40. The summed E-state index contributed by atoms with van der Waals surface area (Å²) in [5.41, 5.74) is -0.947. The maximum Gasteiger partial charge on any atom is 0.177 e. The van der Waals surface area contributed by atoms with E-state index in [-0.39, 0.29) is 11.4 Å². The van der Waals surface area contributed by atoms with Crippen LogP contribution >= 0.6 is 11.6 Å². The van der Waals surface area contributed by atoms with E-state index in [9.17, 15) is 13.2 Å². The molecular weight excluding hydrogens is 251 g/mol. The Morgan fingerprint density at radius 3 is 2.47 bits per heavy atom. The fourth-order valence-corrected chi connectivity index (χ4v) is 2.36. The molecule has 0 bridgehead atoms. The normalized spacial score (nSPS) is 19.3. The molecule has 0 aromatic heterocycles. The summed E-state index contributed by atoms with van der Waals surface area (Å²) in [6.07, 6.45) is 0.832. The van der Waals surface area contributed by atoms with E-state index in [1.807, 2.05) is 0 Å². The van der Waals surface area contributed by atoms with Gasteiger partial charge in [-0.1, -0.05) is 11.6 Å². The van der Waals surface area contributed by atoms with Gasteiger partial charge in [0.15, 0.2) is 11.6 Å². The Balaban J connectivity index is 2.18. The minimum Gasteiger partial charge on any atom is -0.316 e. The molecule has 5 heteroatoms. The van der Waals surface area contributed by atoms with Crippen molar-refractivity contribution >= 4 is 11.6 Å². The van der Waals surface area contributed by atoms with Gasteiger partial charge in [0.25, 0.3) is 0 Å². The van der Waals surface area contributed by atoms with Crippen molar-refractivity contribution < 1.29 is 13.2 Å². The number of hydrogen-bond acceptors (Lipinski definition) is 1. The molecule has 0 aliphatic carbocycles. The standard InChI is InChI=1S/C12H13ClF3N/c13-9-5-8(6-10(14)11(9)15)7-12(16)1-3-17-4-2-12/h5-6,17H,1-4,7H2. The molecule has 1 aliphatic rings. The van der Waals surface area contributed by atoms with Gasteiger partial charge in [-0.2, -0.15) is 0 Å². The van der Waals surface area contributed by atoms with E-state index in [1.54, 1.807) is 0 Å². The van der Waals surface area contributed by atoms with E-state index in [1.165, 1.54) is 6.07 Å². The highest BCUT2D eigenvalue weighted by Gasteiger charge is 2.32. The molecule has 17 heavy (non-hydrogen) atoms. The van der Waals surface area contributed by atoms with Gasteiger partial charge >= 0.3 is 0 Å². The van der Waals surface area contributed by atoms with Gasteiger partial charge in [-0.3, -0.25) is 0 Å². The van der Waals surface area contributed by atoms with E-state index in [0.717, 1.165) is 6.07 Å². The van der Waals surface area contributed by atoms with Gasteiger partial charge in [0.1, 0.15) is 5.67 Å². The van der Waals surface area contributed by atoms with Crippen LogP contribution in [-0.4, -0.2) is 18.8 Å². The van der Waals surface area contributed by atoms with Gasteiger partial charge in [0.2, 0.25) is 0 Å². The summed E-state index contributed by atoms with van der Waals surface area (Å²) in [5, 5.41) is 2.76. The minimum atomic E-state index is -1.35. The maximum atomic E-state index is 14.3. The molecule has 0 unspecified atom stereocenters. The summed E-state index contributed by atoms with van der Waals surface area (Å²) in [4.78, 5) is 0. The zero-order valence-corrected chi connectivity index (χ0v) is 9.96. The number of piperidine rings is 1. The van der Waals surface area contributed by atoms with Crippen molar-refractivity contribution in [1.82, 2.24) is 5.32 Å². The van der Waals surface area contributed by atoms with Crippen LogP contribution in [0.15, 0.2) is 12.1 Å². The summed E-state index contributed by atoms with van der Waals surface area (Å²) in [6, 6.07) is 2.31. The summed E-state index contributed by atoms with van der Waals surface area (Å²) in [5.74, 6) is -2.10. The fraction of sp³-hybridized carbons (Fsp3) is 0.500. The topological polar surface area (TPSA) is 12.0 Å². The molecule has 1 N–H and O–H groups in total. The Bertz CT molecular complexity index is 393. The van der Waals surface area contributed by atoms with Gasteiger partial charge in [-0.05, 0) is 43.6 Å². The van der Waals surface area contributed by atoms with Crippen LogP contribution in [0.1, 0.15) is 18.4 Å². The quantitative estimate of drug-likeness (QED) is 0.808. The molecule has 1 aromatic carbocycles. The molecule has 1 heterocycles. The summed E-state index contributed by atoms with van der Waals surface area (Å²) in [6.45, 7) is 1.21. The number of alkyl halides is 1. The second-order valence-corrected chi connectivity index (χ2v) is 4.86. The van der Waals surface area contributed by atoms with Gasteiger partial charge in [-0.15, -0.1) is 0 Å². The van der Waals surface area contributed by atoms with Crippen LogP contribution in [0.4, 0.5) is 13.2 Å². The highest BCUT2D eigenvalue weighted by molar-refractivity contribution is 6.30. The lowest BCUT2D eigenvalue weighted by Gasteiger charge is -2.30. The van der Waals surface area contributed by atoms with Crippen molar-refractivity contribution in [2.24, 2.45) is 0 Å². The Kier molecular flexibility index (Phi) is 3.64. The highest BCUT2D eigenvalue weighted by Crippen LogP contribution is 2.30. The molecule has 0 saturated carbocycles. The van der Waals surface area contributed by atoms with Gasteiger partial charge < -0.3 is 5.32 Å². The molecule has 1 nitrogen and oxygen atoms in total. The molecule has 0 radical (unpaired) electrons. The lowest BCUT2D eigenvalue weighted by molar-refractivity contribution is 0.116. The van der Waals surface area contributed by atoms with Crippen LogP contribution in [0.2, 0.25) is 5.02 Å². The van der Waals surface area contributed by atoms with Crippen LogP contribution in [0, 0.1) is 11.6 Å². The second-order valence-electron chi connectivity index (χ2n) is 4.45. The van der Waals surface area contributed by atoms with Crippen LogP contribution in [0.5, 0.6) is 0 Å². The summed E-state index contributed by atoms with van der Waals surface area (Å²) < 4.78 is 40.4. The minimum absolute atomic E-state index is 0.0750. The summed E-state index contributed by atoms with van der Waals surface area (Å²) in [7, 11) is 0. The van der Waals surface area contributed by atoms with Crippen LogP contribution in [-0.2, 0) is 6.42 Å². The molecule has 1 aliphatic heterocycles. The molecule has 1 saturated heterocycles. The maximum absolute atomic E-state index is 14.3. The number of rotatable bonds is 2. The summed E-state index contributed by atoms with van der Waals surface area (Å²) >= 11 is 5.53. The Labute approximate surface area is 103 Å². The average molecular weight is 264 g/mol. The molecule has 1 fully saturated rings. The first-order chi connectivity index (χ1) is 8.00. The van der Waals surface area contributed by atoms with Crippen LogP contribution < -0.4 is 5.32 Å². The first-order valence-electron chi connectivity index (χ1n) is 5.53. The molecule has 1 aromatic rings. The predicted molar refractivity (Wildman–Crippen MR) is 61.0 cm³/mol. The Hall–Kier alpha value is -0.740. The number of benzene rings is 1. The lowest BCUT2D eigenvalue weighted by atomic mass is 9.88. The average Bonchev–Trinajstić information content (AvgIpc) is 2.26. The van der Waals surface area contributed by atoms with E-state index in [0.29, 0.717) is 31.5 Å². The van der Waals surface area contributed by atoms with Crippen molar-refractivity contribution in [3.8, 4) is 0 Å². The van der Waals surface area contributed by atoms with Gasteiger partial charge in [0.05, 0.1) is 5.02 Å². The molecule has 0 atom stereocenters. The van der Waals surface area contributed by atoms with Gasteiger partial charge in [-0.25, -0.2) is 13.2 Å². The molecular formula is C12H13ClF3N. The molecule has 94 valence electrons. The third kappa shape index (κ3) is 2.93. The third-order valence-electron chi connectivity index (χ3n) is 3.06. The first kappa shape index (κ1) is 12.7. The molecule has 0 spiro atoms. The zero-order chi connectivity index (χ0) is 12.5. The van der Waals surface area contributed by atoms with Gasteiger partial charge in [0, 0.05) is 6.42 Å². The van der Waals surface area contributed by atoms with E-state index < -0.39 is 17.3 Å². The van der Waals surface area contributed by atoms with E-state index in [2.05, 4.69) is 5.32 Å². The largest absolute Gasteiger partial charge is 0.316 e. The molecule has 0 amide bonds. The fourth-order valence-electron chi connectivity index (χ4n) is 2.13. The van der Waals surface area contributed by atoms with Crippen LogP contribution in [0.3, 0.4) is 0 Å². The van der Waals surface area contributed by atoms with Crippen LogP contribution in [0.25, 0.3) is 0 Å². The predicted octanol–water partition coefficient (Wildman–Crippen LogP) is 3.25. The number of halogens is 4. The zero-order valence-electron chi connectivity index (χ0n) is 9.20. The third-order valence-corrected chi connectivity index (χ3v) is 3.34. The van der Waals surface area contributed by atoms with Crippen molar-refractivity contribution in [3.05, 3.63) is 34.4 Å². The van der Waals surface area contributed by atoms with E-state index >= 15 is 0 Å². The number of nitrogens with one attached hydrogen (secondary N) is 1. The van der Waals surface area contributed by atoms with Crippen molar-refractivity contribution in [3.63, 3.8) is 0 Å². The van der Waals surface area contributed by atoms with Crippen molar-refractivity contribution in [2.45, 2.75) is 24.9 Å². The van der Waals surface area contributed by atoms with E-state index in [4.69, 9.17) is 11.6 Å². The van der Waals surface area contributed by atoms with Crippen molar-refractivity contribution in [1.29, 1.82) is 0 Å². The Morgan fingerprint density at radius 2 is 1.88 bits per heavy atom.